The monoisotopic (exact) mass is 242 g/mol. The summed E-state index contributed by atoms with van der Waals surface area (Å²) in [6.45, 7) is 3.51. The summed E-state index contributed by atoms with van der Waals surface area (Å²) in [4.78, 5) is 15.2. The van der Waals surface area contributed by atoms with Crippen LogP contribution in [0, 0.1) is 0 Å². The molecule has 0 aromatic carbocycles. The lowest BCUT2D eigenvalue weighted by molar-refractivity contribution is -0.137. The second kappa shape index (κ2) is 7.67. The molecule has 1 saturated heterocycles. The van der Waals surface area contributed by atoms with Crippen molar-refractivity contribution in [3.63, 3.8) is 0 Å². The van der Waals surface area contributed by atoms with Crippen LogP contribution in [0.25, 0.3) is 0 Å². The van der Waals surface area contributed by atoms with Crippen molar-refractivity contribution in [2.24, 2.45) is 0 Å². The predicted molar refractivity (Wildman–Crippen MR) is 69.3 cm³/mol. The Kier molecular flexibility index (Phi) is 6.52. The quantitative estimate of drug-likeness (QED) is 0.690. The largest absolute Gasteiger partial charge is 0.481 e. The van der Waals surface area contributed by atoms with Crippen LogP contribution in [0.4, 0.5) is 0 Å². The van der Waals surface area contributed by atoms with E-state index in [9.17, 15) is 4.79 Å². The van der Waals surface area contributed by atoms with E-state index in [0.717, 1.165) is 25.8 Å². The molecule has 1 N–H and O–H groups in total. The molecule has 0 amide bonds. The van der Waals surface area contributed by atoms with E-state index in [1.807, 2.05) is 0 Å². The Morgan fingerprint density at radius 3 is 2.76 bits per heavy atom. The summed E-state index contributed by atoms with van der Waals surface area (Å²) in [5, 5.41) is 8.54. The van der Waals surface area contributed by atoms with E-state index in [1.165, 1.54) is 25.9 Å². The van der Waals surface area contributed by atoms with Gasteiger partial charge in [-0.1, -0.05) is 6.42 Å². The highest BCUT2D eigenvalue weighted by atomic mass is 16.4. The summed E-state index contributed by atoms with van der Waals surface area (Å²) in [6.07, 6.45) is 5.91. The van der Waals surface area contributed by atoms with E-state index < -0.39 is 5.97 Å². The number of piperidine rings is 1. The molecule has 1 atom stereocenters. The first-order chi connectivity index (χ1) is 8.09. The number of carboxylic acids is 1. The van der Waals surface area contributed by atoms with Crippen molar-refractivity contribution in [3.8, 4) is 0 Å². The highest BCUT2D eigenvalue weighted by Gasteiger charge is 2.20. The molecule has 0 spiro atoms. The number of likely N-dealkylation sites (tertiary alicyclic amines) is 1. The van der Waals surface area contributed by atoms with Crippen molar-refractivity contribution in [1.82, 2.24) is 9.80 Å². The second-order valence-electron chi connectivity index (χ2n) is 5.26. The van der Waals surface area contributed by atoms with Crippen LogP contribution >= 0.6 is 0 Å². The van der Waals surface area contributed by atoms with Crippen LogP contribution in [0.3, 0.4) is 0 Å². The number of hydrogen-bond donors (Lipinski definition) is 1. The Bertz CT molecular complexity index is 231. The smallest absolute Gasteiger partial charge is 0.303 e. The van der Waals surface area contributed by atoms with Gasteiger partial charge in [-0.25, -0.2) is 0 Å². The van der Waals surface area contributed by atoms with Gasteiger partial charge in [0.15, 0.2) is 0 Å². The van der Waals surface area contributed by atoms with Gasteiger partial charge < -0.3 is 14.9 Å². The molecule has 0 bridgehead atoms. The van der Waals surface area contributed by atoms with Gasteiger partial charge >= 0.3 is 5.97 Å². The average molecular weight is 242 g/mol. The number of carboxylic acid groups (broad SMARTS) is 1. The third-order valence-corrected chi connectivity index (χ3v) is 3.58. The molecule has 0 aromatic rings. The molecule has 1 aliphatic heterocycles. The zero-order valence-corrected chi connectivity index (χ0v) is 11.2. The fourth-order valence-corrected chi connectivity index (χ4v) is 2.44. The van der Waals surface area contributed by atoms with Gasteiger partial charge in [-0.2, -0.15) is 0 Å². The molecule has 1 rings (SSSR count). The van der Waals surface area contributed by atoms with E-state index in [0.29, 0.717) is 12.5 Å². The van der Waals surface area contributed by atoms with Crippen molar-refractivity contribution in [3.05, 3.63) is 0 Å². The fourth-order valence-electron chi connectivity index (χ4n) is 2.44. The Morgan fingerprint density at radius 2 is 2.12 bits per heavy atom. The summed E-state index contributed by atoms with van der Waals surface area (Å²) < 4.78 is 0. The number of nitrogens with zero attached hydrogens (tertiary/aromatic N) is 2. The van der Waals surface area contributed by atoms with Crippen LogP contribution < -0.4 is 0 Å². The van der Waals surface area contributed by atoms with Gasteiger partial charge in [0.25, 0.3) is 0 Å². The van der Waals surface area contributed by atoms with E-state index in [2.05, 4.69) is 23.9 Å². The van der Waals surface area contributed by atoms with Gasteiger partial charge in [0.1, 0.15) is 0 Å². The van der Waals surface area contributed by atoms with Crippen molar-refractivity contribution < 1.29 is 9.90 Å². The first kappa shape index (κ1) is 14.5. The molecule has 0 saturated carbocycles. The molecule has 0 aromatic heterocycles. The van der Waals surface area contributed by atoms with E-state index in [1.54, 1.807) is 0 Å². The minimum Gasteiger partial charge on any atom is -0.481 e. The summed E-state index contributed by atoms with van der Waals surface area (Å²) >= 11 is 0. The number of unbranched alkanes of at least 4 members (excludes halogenated alkanes) is 2. The second-order valence-corrected chi connectivity index (χ2v) is 5.26. The van der Waals surface area contributed by atoms with Crippen molar-refractivity contribution >= 4 is 5.97 Å². The van der Waals surface area contributed by atoms with Crippen LogP contribution in [-0.4, -0.2) is 60.6 Å². The molecule has 1 unspecified atom stereocenters. The van der Waals surface area contributed by atoms with Gasteiger partial charge in [0.2, 0.25) is 0 Å². The lowest BCUT2D eigenvalue weighted by atomic mass is 10.0. The van der Waals surface area contributed by atoms with Crippen LogP contribution in [0.15, 0.2) is 0 Å². The molecule has 4 nitrogen and oxygen atoms in total. The van der Waals surface area contributed by atoms with Crippen LogP contribution in [0.1, 0.15) is 38.5 Å². The maximum absolute atomic E-state index is 10.4. The zero-order valence-electron chi connectivity index (χ0n) is 11.2. The normalized spacial score (nSPS) is 21.9. The summed E-state index contributed by atoms with van der Waals surface area (Å²) in [5.41, 5.74) is 0. The molecule has 1 fully saturated rings. The van der Waals surface area contributed by atoms with E-state index in [4.69, 9.17) is 5.11 Å². The van der Waals surface area contributed by atoms with Gasteiger partial charge in [-0.05, 0) is 52.9 Å². The molecular formula is C13H26N2O2. The van der Waals surface area contributed by atoms with Crippen molar-refractivity contribution in [2.75, 3.05) is 33.7 Å². The van der Waals surface area contributed by atoms with Gasteiger partial charge in [0, 0.05) is 19.0 Å². The van der Waals surface area contributed by atoms with Gasteiger partial charge in [0.05, 0.1) is 0 Å². The van der Waals surface area contributed by atoms with Crippen LogP contribution in [0.2, 0.25) is 0 Å². The minimum absolute atomic E-state index is 0.320. The fraction of sp³-hybridized carbons (Fsp3) is 0.923. The third kappa shape index (κ3) is 6.03. The predicted octanol–water partition coefficient (Wildman–Crippen LogP) is 1.66. The number of rotatable bonds is 7. The number of carbonyl (C=O) groups is 1. The maximum Gasteiger partial charge on any atom is 0.303 e. The first-order valence-electron chi connectivity index (χ1n) is 6.70. The van der Waals surface area contributed by atoms with E-state index in [-0.39, 0.29) is 0 Å². The first-order valence-corrected chi connectivity index (χ1v) is 6.70. The molecule has 4 heteroatoms. The van der Waals surface area contributed by atoms with Gasteiger partial charge in [-0.15, -0.1) is 0 Å². The van der Waals surface area contributed by atoms with E-state index >= 15 is 0 Å². The number of likely N-dealkylation sites (N-methyl/N-ethyl adjacent to an activating group) is 1. The Labute approximate surface area is 105 Å². The Balaban J connectivity index is 2.08. The molecule has 100 valence electrons. The molecule has 1 aliphatic rings. The highest BCUT2D eigenvalue weighted by molar-refractivity contribution is 5.66. The third-order valence-electron chi connectivity index (χ3n) is 3.58. The maximum atomic E-state index is 10.4. The molecule has 17 heavy (non-hydrogen) atoms. The molecule has 1 heterocycles. The Hall–Kier alpha value is -0.610. The molecular weight excluding hydrogens is 216 g/mol. The summed E-state index contributed by atoms with van der Waals surface area (Å²) in [5.74, 6) is -0.671. The molecule has 0 radical (unpaired) electrons. The van der Waals surface area contributed by atoms with Crippen molar-refractivity contribution in [2.45, 2.75) is 44.6 Å². The lowest BCUT2D eigenvalue weighted by Gasteiger charge is -2.36. The van der Waals surface area contributed by atoms with Crippen molar-refractivity contribution in [1.29, 1.82) is 0 Å². The highest BCUT2D eigenvalue weighted by Crippen LogP contribution is 2.14. The zero-order chi connectivity index (χ0) is 12.7. The average Bonchev–Trinajstić information content (AvgIpc) is 2.28. The Morgan fingerprint density at radius 1 is 1.35 bits per heavy atom. The number of aliphatic carboxylic acids is 1. The standard InChI is InChI=1S/C13H26N2O2/c1-14(2)12-7-6-10-15(11-12)9-5-3-4-8-13(16)17/h12H,3-11H2,1-2H3,(H,16,17). The summed E-state index contributed by atoms with van der Waals surface area (Å²) in [6, 6.07) is 0.697. The lowest BCUT2D eigenvalue weighted by Crippen LogP contribution is -2.45. The minimum atomic E-state index is -0.671. The number of hydrogen-bond acceptors (Lipinski definition) is 3. The molecule has 0 aliphatic carbocycles. The van der Waals surface area contributed by atoms with Gasteiger partial charge in [-0.3, -0.25) is 4.79 Å². The topological polar surface area (TPSA) is 43.8 Å². The summed E-state index contributed by atoms with van der Waals surface area (Å²) in [7, 11) is 4.31. The van der Waals surface area contributed by atoms with Crippen LogP contribution in [0.5, 0.6) is 0 Å². The SMILES string of the molecule is CN(C)C1CCCN(CCCCCC(=O)O)C1. The van der Waals surface area contributed by atoms with Crippen LogP contribution in [-0.2, 0) is 4.79 Å².